The van der Waals surface area contributed by atoms with Gasteiger partial charge < -0.3 is 4.74 Å². The molecule has 0 aromatic carbocycles. The van der Waals surface area contributed by atoms with Gasteiger partial charge in [0.25, 0.3) is 0 Å². The number of rotatable bonds is 5. The second-order valence-corrected chi connectivity index (χ2v) is 4.22. The predicted octanol–water partition coefficient (Wildman–Crippen LogP) is 1.45. The fourth-order valence-electron chi connectivity index (χ4n) is 1.12. The van der Waals surface area contributed by atoms with Crippen molar-refractivity contribution in [2.45, 2.75) is 51.3 Å². The lowest BCUT2D eigenvalue weighted by atomic mass is 10.1. The van der Waals surface area contributed by atoms with Crippen LogP contribution in [0.15, 0.2) is 0 Å². The lowest BCUT2D eigenvalue weighted by Gasteiger charge is -2.24. The average Bonchev–Trinajstić information content (AvgIpc) is 2.85. The molecule has 1 rings (SSSR count). The summed E-state index contributed by atoms with van der Waals surface area (Å²) in [7, 11) is 0. The Morgan fingerprint density at radius 2 is 2.23 bits per heavy atom. The van der Waals surface area contributed by atoms with Crippen molar-refractivity contribution in [2.24, 2.45) is 0 Å². The van der Waals surface area contributed by atoms with Crippen molar-refractivity contribution in [1.82, 2.24) is 5.32 Å². The lowest BCUT2D eigenvalue weighted by Crippen LogP contribution is -2.46. The van der Waals surface area contributed by atoms with Gasteiger partial charge in [0, 0.05) is 6.04 Å². The van der Waals surface area contributed by atoms with E-state index in [9.17, 15) is 0 Å². The van der Waals surface area contributed by atoms with E-state index in [1.165, 1.54) is 12.8 Å². The van der Waals surface area contributed by atoms with Gasteiger partial charge in [-0.1, -0.05) is 0 Å². The number of nitrogens with one attached hydrogen (secondary N) is 1. The molecule has 1 saturated carbocycles. The van der Waals surface area contributed by atoms with Gasteiger partial charge in [-0.2, -0.15) is 5.26 Å². The lowest BCUT2D eigenvalue weighted by molar-refractivity contribution is 0.0482. The van der Waals surface area contributed by atoms with Crippen LogP contribution in [0.2, 0.25) is 0 Å². The Labute approximate surface area is 80.1 Å². The summed E-state index contributed by atoms with van der Waals surface area (Å²) in [6.07, 6.45) is 2.58. The van der Waals surface area contributed by atoms with Gasteiger partial charge in [0.1, 0.15) is 5.54 Å². The van der Waals surface area contributed by atoms with E-state index in [-0.39, 0.29) is 6.10 Å². The van der Waals surface area contributed by atoms with Crippen molar-refractivity contribution < 1.29 is 4.74 Å². The molecule has 74 valence electrons. The Bertz CT molecular complexity index is 205. The smallest absolute Gasteiger partial charge is 0.127 e. The topological polar surface area (TPSA) is 45.0 Å². The first-order chi connectivity index (χ1) is 6.06. The number of hydrogen-bond donors (Lipinski definition) is 1. The van der Waals surface area contributed by atoms with Gasteiger partial charge >= 0.3 is 0 Å². The van der Waals surface area contributed by atoms with E-state index in [1.807, 2.05) is 20.8 Å². The van der Waals surface area contributed by atoms with Crippen molar-refractivity contribution in [1.29, 1.82) is 5.26 Å². The summed E-state index contributed by atoms with van der Waals surface area (Å²) in [6, 6.07) is 2.81. The van der Waals surface area contributed by atoms with Crippen molar-refractivity contribution >= 4 is 0 Å². The molecule has 1 atom stereocenters. The van der Waals surface area contributed by atoms with Crippen LogP contribution < -0.4 is 5.32 Å². The molecule has 0 amide bonds. The fraction of sp³-hybridized carbons (Fsp3) is 0.900. The van der Waals surface area contributed by atoms with E-state index in [1.54, 1.807) is 0 Å². The molecular formula is C10H18N2O. The molecule has 0 radical (unpaired) electrons. The van der Waals surface area contributed by atoms with E-state index in [2.05, 4.69) is 11.4 Å². The Morgan fingerprint density at radius 1 is 1.62 bits per heavy atom. The second-order valence-electron chi connectivity index (χ2n) is 4.22. The van der Waals surface area contributed by atoms with Crippen molar-refractivity contribution in [3.8, 4) is 6.07 Å². The third-order valence-electron chi connectivity index (χ3n) is 2.05. The SMILES string of the molecule is CC(C)OCC(C)(C#N)NC1CC1. The highest BCUT2D eigenvalue weighted by molar-refractivity contribution is 5.07. The van der Waals surface area contributed by atoms with Gasteiger partial charge in [0.15, 0.2) is 0 Å². The largest absolute Gasteiger partial charge is 0.376 e. The summed E-state index contributed by atoms with van der Waals surface area (Å²) >= 11 is 0. The fourth-order valence-corrected chi connectivity index (χ4v) is 1.12. The first-order valence-electron chi connectivity index (χ1n) is 4.86. The highest BCUT2D eigenvalue weighted by Crippen LogP contribution is 2.22. The molecule has 3 heteroatoms. The molecule has 0 aromatic heterocycles. The molecule has 1 unspecified atom stereocenters. The van der Waals surface area contributed by atoms with Crippen molar-refractivity contribution in [3.63, 3.8) is 0 Å². The number of ether oxygens (including phenoxy) is 1. The molecule has 1 aliphatic carbocycles. The van der Waals surface area contributed by atoms with E-state index in [0.717, 1.165) is 0 Å². The molecule has 0 spiro atoms. The van der Waals surface area contributed by atoms with E-state index in [4.69, 9.17) is 10.00 Å². The minimum Gasteiger partial charge on any atom is -0.376 e. The van der Waals surface area contributed by atoms with Crippen LogP contribution in [0, 0.1) is 11.3 Å². The van der Waals surface area contributed by atoms with Crippen LogP contribution in [0.25, 0.3) is 0 Å². The molecule has 3 nitrogen and oxygen atoms in total. The quantitative estimate of drug-likeness (QED) is 0.700. The summed E-state index contributed by atoms with van der Waals surface area (Å²) < 4.78 is 5.44. The van der Waals surface area contributed by atoms with Crippen molar-refractivity contribution in [3.05, 3.63) is 0 Å². The Kier molecular flexibility index (Phi) is 3.29. The van der Waals surface area contributed by atoms with Crippen LogP contribution in [0.1, 0.15) is 33.6 Å². The number of nitrogens with zero attached hydrogens (tertiary/aromatic N) is 1. The van der Waals surface area contributed by atoms with Gasteiger partial charge in [0.05, 0.1) is 18.8 Å². The molecule has 0 aliphatic heterocycles. The third kappa shape index (κ3) is 3.75. The normalized spacial score (nSPS) is 21.2. The molecular weight excluding hydrogens is 164 g/mol. The van der Waals surface area contributed by atoms with Crippen LogP contribution in [0.5, 0.6) is 0 Å². The molecule has 0 saturated heterocycles. The Balaban J connectivity index is 2.34. The summed E-state index contributed by atoms with van der Waals surface area (Å²) in [6.45, 7) is 6.33. The van der Waals surface area contributed by atoms with Gasteiger partial charge in [0.2, 0.25) is 0 Å². The van der Waals surface area contributed by atoms with Crippen LogP contribution in [-0.2, 0) is 4.74 Å². The number of nitriles is 1. The van der Waals surface area contributed by atoms with E-state index < -0.39 is 5.54 Å². The predicted molar refractivity (Wildman–Crippen MR) is 51.3 cm³/mol. The maximum atomic E-state index is 8.98. The standard InChI is InChI=1S/C10H18N2O/c1-8(2)13-7-10(3,6-11)12-9-4-5-9/h8-9,12H,4-5,7H2,1-3H3. The zero-order chi connectivity index (χ0) is 9.90. The molecule has 13 heavy (non-hydrogen) atoms. The first-order valence-corrected chi connectivity index (χ1v) is 4.86. The van der Waals surface area contributed by atoms with Crippen LogP contribution >= 0.6 is 0 Å². The van der Waals surface area contributed by atoms with Gasteiger partial charge in [-0.3, -0.25) is 5.32 Å². The minimum absolute atomic E-state index is 0.189. The van der Waals surface area contributed by atoms with Gasteiger partial charge in [-0.25, -0.2) is 0 Å². The first kappa shape index (κ1) is 10.5. The number of hydrogen-bond acceptors (Lipinski definition) is 3. The molecule has 1 N–H and O–H groups in total. The van der Waals surface area contributed by atoms with Gasteiger partial charge in [-0.15, -0.1) is 0 Å². The van der Waals surface area contributed by atoms with E-state index >= 15 is 0 Å². The summed E-state index contributed by atoms with van der Waals surface area (Å²) in [4.78, 5) is 0. The highest BCUT2D eigenvalue weighted by Gasteiger charge is 2.32. The van der Waals surface area contributed by atoms with Crippen LogP contribution in [0.3, 0.4) is 0 Å². The van der Waals surface area contributed by atoms with Crippen molar-refractivity contribution in [2.75, 3.05) is 6.61 Å². The van der Waals surface area contributed by atoms with Crippen LogP contribution in [0.4, 0.5) is 0 Å². The highest BCUT2D eigenvalue weighted by atomic mass is 16.5. The molecule has 1 fully saturated rings. The maximum absolute atomic E-state index is 8.98. The Hall–Kier alpha value is -0.590. The average molecular weight is 182 g/mol. The monoisotopic (exact) mass is 182 g/mol. The summed E-state index contributed by atoms with van der Waals surface area (Å²) in [5, 5.41) is 12.3. The maximum Gasteiger partial charge on any atom is 0.127 e. The molecule has 0 bridgehead atoms. The Morgan fingerprint density at radius 3 is 2.62 bits per heavy atom. The van der Waals surface area contributed by atoms with Crippen LogP contribution in [-0.4, -0.2) is 24.3 Å². The molecule has 0 aromatic rings. The van der Waals surface area contributed by atoms with E-state index in [0.29, 0.717) is 12.6 Å². The summed E-state index contributed by atoms with van der Waals surface area (Å²) in [5.74, 6) is 0. The zero-order valence-electron chi connectivity index (χ0n) is 8.63. The minimum atomic E-state index is -0.508. The third-order valence-corrected chi connectivity index (χ3v) is 2.05. The molecule has 1 aliphatic rings. The molecule has 0 heterocycles. The zero-order valence-corrected chi connectivity index (χ0v) is 8.63. The second kappa shape index (κ2) is 4.08. The summed E-state index contributed by atoms with van der Waals surface area (Å²) in [5.41, 5.74) is -0.508. The van der Waals surface area contributed by atoms with Gasteiger partial charge in [-0.05, 0) is 33.6 Å².